The van der Waals surface area contributed by atoms with Crippen LogP contribution >= 0.6 is 0 Å². The number of carbonyl (C=O) groups excluding carboxylic acids is 2. The summed E-state index contributed by atoms with van der Waals surface area (Å²) in [6.45, 7) is -0.268. The number of nitro benzene ring substituents is 2. The molecule has 0 fully saturated rings. The number of nitrogens with one attached hydrogen (secondary N) is 2. The first kappa shape index (κ1) is 23.5. The van der Waals surface area contributed by atoms with Gasteiger partial charge >= 0.3 is 0 Å². The highest BCUT2D eigenvalue weighted by Crippen LogP contribution is 2.16. The fraction of sp³-hybridized carbons (Fsp3) is 0.0455. The van der Waals surface area contributed by atoms with Crippen molar-refractivity contribution >= 4 is 35.1 Å². The van der Waals surface area contributed by atoms with Crippen LogP contribution in [0.15, 0.2) is 77.9 Å². The minimum Gasteiger partial charge on any atom is -0.484 e. The Labute approximate surface area is 192 Å². The van der Waals surface area contributed by atoms with Crippen molar-refractivity contribution in [2.45, 2.75) is 0 Å². The highest BCUT2D eigenvalue weighted by Gasteiger charge is 2.09. The Morgan fingerprint density at radius 2 is 1.41 bits per heavy atom. The molecular formula is C22H17N5O7. The largest absolute Gasteiger partial charge is 0.484 e. The Balaban J connectivity index is 1.45. The molecule has 34 heavy (non-hydrogen) atoms. The van der Waals surface area contributed by atoms with Crippen LogP contribution in [0.5, 0.6) is 5.75 Å². The average molecular weight is 463 g/mol. The van der Waals surface area contributed by atoms with E-state index in [9.17, 15) is 29.8 Å². The fourth-order valence-corrected chi connectivity index (χ4v) is 2.63. The lowest BCUT2D eigenvalue weighted by Gasteiger charge is -2.07. The van der Waals surface area contributed by atoms with E-state index in [0.29, 0.717) is 17.0 Å². The maximum Gasteiger partial charge on any atom is 0.271 e. The molecule has 12 nitrogen and oxygen atoms in total. The summed E-state index contributed by atoms with van der Waals surface area (Å²) in [5.74, 6) is -0.538. The van der Waals surface area contributed by atoms with E-state index in [1.54, 1.807) is 24.3 Å². The number of nitro groups is 2. The molecule has 0 heterocycles. The van der Waals surface area contributed by atoms with Crippen LogP contribution in [-0.2, 0) is 4.79 Å². The van der Waals surface area contributed by atoms with Crippen LogP contribution in [0.1, 0.15) is 15.9 Å². The quantitative estimate of drug-likeness (QED) is 0.279. The van der Waals surface area contributed by atoms with Crippen LogP contribution in [0.4, 0.5) is 17.1 Å². The average Bonchev–Trinajstić information content (AvgIpc) is 2.84. The molecule has 0 spiro atoms. The topological polar surface area (TPSA) is 166 Å². The number of rotatable bonds is 9. The third kappa shape index (κ3) is 6.68. The van der Waals surface area contributed by atoms with E-state index < -0.39 is 21.7 Å². The minimum atomic E-state index is -0.557. The molecule has 0 unspecified atom stereocenters. The number of hydrazone groups is 1. The van der Waals surface area contributed by atoms with Crippen LogP contribution in [0, 0.1) is 20.2 Å². The van der Waals surface area contributed by atoms with Crippen molar-refractivity contribution in [2.24, 2.45) is 5.10 Å². The van der Waals surface area contributed by atoms with Gasteiger partial charge in [-0.3, -0.25) is 29.8 Å². The summed E-state index contributed by atoms with van der Waals surface area (Å²) in [5.41, 5.74) is 3.39. The van der Waals surface area contributed by atoms with Crippen LogP contribution in [0.25, 0.3) is 0 Å². The number of nitrogens with zero attached hydrogens (tertiary/aromatic N) is 3. The van der Waals surface area contributed by atoms with Crippen molar-refractivity contribution < 1.29 is 24.2 Å². The van der Waals surface area contributed by atoms with Gasteiger partial charge in [0.25, 0.3) is 23.2 Å². The van der Waals surface area contributed by atoms with E-state index in [1.165, 1.54) is 54.7 Å². The summed E-state index contributed by atoms with van der Waals surface area (Å²) in [6, 6.07) is 17.0. The van der Waals surface area contributed by atoms with Crippen LogP contribution in [0.3, 0.4) is 0 Å². The van der Waals surface area contributed by atoms with Crippen molar-refractivity contribution in [1.82, 2.24) is 5.43 Å². The summed E-state index contributed by atoms with van der Waals surface area (Å²) in [4.78, 5) is 44.2. The summed E-state index contributed by atoms with van der Waals surface area (Å²) in [6.07, 6.45) is 1.40. The molecule has 3 aromatic rings. The Hall–Kier alpha value is -5.13. The predicted octanol–water partition coefficient (Wildman–Crippen LogP) is 3.28. The van der Waals surface area contributed by atoms with Crippen molar-refractivity contribution in [1.29, 1.82) is 0 Å². The molecule has 3 aromatic carbocycles. The van der Waals surface area contributed by atoms with E-state index in [0.717, 1.165) is 0 Å². The number of hydrogen-bond donors (Lipinski definition) is 2. The zero-order chi connectivity index (χ0) is 24.5. The first-order chi connectivity index (χ1) is 16.3. The summed E-state index contributed by atoms with van der Waals surface area (Å²) < 4.78 is 5.40. The van der Waals surface area contributed by atoms with Crippen molar-refractivity contribution in [2.75, 3.05) is 11.9 Å². The fourth-order valence-electron chi connectivity index (χ4n) is 2.63. The molecule has 0 aliphatic carbocycles. The molecule has 0 saturated carbocycles. The van der Waals surface area contributed by atoms with Gasteiger partial charge in [-0.25, -0.2) is 5.43 Å². The molecule has 2 amide bonds. The second-order valence-electron chi connectivity index (χ2n) is 6.71. The third-order valence-electron chi connectivity index (χ3n) is 4.33. The zero-order valence-electron chi connectivity index (χ0n) is 17.4. The number of amides is 2. The molecule has 0 aliphatic rings. The van der Waals surface area contributed by atoms with Gasteiger partial charge < -0.3 is 10.1 Å². The van der Waals surface area contributed by atoms with E-state index in [4.69, 9.17) is 4.74 Å². The number of non-ortho nitro benzene ring substituents is 2. The second kappa shape index (κ2) is 10.9. The molecule has 0 aromatic heterocycles. The van der Waals surface area contributed by atoms with Gasteiger partial charge in [0.1, 0.15) is 5.75 Å². The van der Waals surface area contributed by atoms with Crippen molar-refractivity contribution in [3.8, 4) is 5.75 Å². The van der Waals surface area contributed by atoms with Crippen LogP contribution in [0.2, 0.25) is 0 Å². The Kier molecular flexibility index (Phi) is 7.58. The second-order valence-corrected chi connectivity index (χ2v) is 6.71. The van der Waals surface area contributed by atoms with Gasteiger partial charge in [-0.2, -0.15) is 5.10 Å². The standard InChI is InChI=1S/C22H17N5O7/c28-21(24-17-5-9-19(10-6-17)27(32)33)14-34-20-11-1-15(2-12-20)13-23-25-22(29)16-3-7-18(8-4-16)26(30)31/h1-13H,14H2,(H,24,28)(H,25,29)/b23-13-. The Morgan fingerprint density at radius 3 is 1.97 bits per heavy atom. The molecule has 172 valence electrons. The number of benzene rings is 3. The van der Waals surface area contributed by atoms with Gasteiger partial charge in [0.05, 0.1) is 16.1 Å². The highest BCUT2D eigenvalue weighted by atomic mass is 16.6. The molecule has 2 N–H and O–H groups in total. The van der Waals surface area contributed by atoms with E-state index in [1.807, 2.05) is 0 Å². The molecule has 0 saturated heterocycles. The predicted molar refractivity (Wildman–Crippen MR) is 122 cm³/mol. The molecular weight excluding hydrogens is 446 g/mol. The van der Waals surface area contributed by atoms with Crippen LogP contribution < -0.4 is 15.5 Å². The highest BCUT2D eigenvalue weighted by molar-refractivity contribution is 5.95. The normalized spacial score (nSPS) is 10.5. The van der Waals surface area contributed by atoms with E-state index in [2.05, 4.69) is 15.8 Å². The molecule has 0 atom stereocenters. The molecule has 0 aliphatic heterocycles. The first-order valence-electron chi connectivity index (χ1n) is 9.67. The van der Waals surface area contributed by atoms with Gasteiger partial charge in [-0.1, -0.05) is 0 Å². The number of carbonyl (C=O) groups is 2. The third-order valence-corrected chi connectivity index (χ3v) is 4.33. The van der Waals surface area contributed by atoms with Crippen LogP contribution in [-0.4, -0.2) is 34.5 Å². The monoisotopic (exact) mass is 463 g/mol. The summed E-state index contributed by atoms with van der Waals surface area (Å²) >= 11 is 0. The van der Waals surface area contributed by atoms with Gasteiger partial charge in [0, 0.05) is 35.5 Å². The zero-order valence-corrected chi connectivity index (χ0v) is 17.4. The molecule has 3 rings (SSSR count). The smallest absolute Gasteiger partial charge is 0.271 e. The molecule has 12 heteroatoms. The Morgan fingerprint density at radius 1 is 0.853 bits per heavy atom. The lowest BCUT2D eigenvalue weighted by Crippen LogP contribution is -2.20. The Bertz CT molecular complexity index is 1220. The summed E-state index contributed by atoms with van der Waals surface area (Å²) in [7, 11) is 0. The lowest BCUT2D eigenvalue weighted by atomic mass is 10.2. The van der Waals surface area contributed by atoms with Gasteiger partial charge in [0.15, 0.2) is 6.61 Å². The van der Waals surface area contributed by atoms with Crippen molar-refractivity contribution in [3.05, 3.63) is 104 Å². The number of anilines is 1. The van der Waals surface area contributed by atoms with Gasteiger partial charge in [0.2, 0.25) is 0 Å². The number of hydrogen-bond acceptors (Lipinski definition) is 8. The van der Waals surface area contributed by atoms with Gasteiger partial charge in [-0.15, -0.1) is 0 Å². The van der Waals surface area contributed by atoms with Gasteiger partial charge in [-0.05, 0) is 54.1 Å². The maximum atomic E-state index is 12.0. The van der Waals surface area contributed by atoms with E-state index >= 15 is 0 Å². The van der Waals surface area contributed by atoms with Crippen molar-refractivity contribution in [3.63, 3.8) is 0 Å². The first-order valence-corrected chi connectivity index (χ1v) is 9.67. The minimum absolute atomic E-state index is 0.0798. The molecule has 0 bridgehead atoms. The van der Waals surface area contributed by atoms with E-state index in [-0.39, 0.29) is 23.5 Å². The SMILES string of the molecule is O=C(COc1ccc(/C=N\NC(=O)c2ccc([N+](=O)[O-])cc2)cc1)Nc1ccc([N+](=O)[O-])cc1. The number of ether oxygens (including phenoxy) is 1. The molecule has 0 radical (unpaired) electrons. The maximum absolute atomic E-state index is 12.0. The lowest BCUT2D eigenvalue weighted by molar-refractivity contribution is -0.385. The summed E-state index contributed by atoms with van der Waals surface area (Å²) in [5, 5.41) is 27.7.